The maximum atomic E-state index is 12.3. The molecule has 5 heteroatoms. The molecule has 0 aliphatic carbocycles. The van der Waals surface area contributed by atoms with Crippen LogP contribution in [0.5, 0.6) is 5.75 Å². The van der Waals surface area contributed by atoms with E-state index in [2.05, 4.69) is 22.4 Å². The molecular formula is C19H18N2O2S. The van der Waals surface area contributed by atoms with Gasteiger partial charge in [0.05, 0.1) is 6.61 Å². The average Bonchev–Trinajstić information content (AvgIpc) is 3.03. The van der Waals surface area contributed by atoms with Crippen LogP contribution in [0, 0.1) is 0 Å². The van der Waals surface area contributed by atoms with Crippen LogP contribution in [-0.2, 0) is 6.42 Å². The van der Waals surface area contributed by atoms with E-state index in [-0.39, 0.29) is 5.91 Å². The highest BCUT2D eigenvalue weighted by atomic mass is 32.1. The topological polar surface area (TPSA) is 51.2 Å². The molecular weight excluding hydrogens is 320 g/mol. The molecule has 24 heavy (non-hydrogen) atoms. The van der Waals surface area contributed by atoms with Crippen LogP contribution in [0.2, 0.25) is 0 Å². The maximum absolute atomic E-state index is 12.3. The normalized spacial score (nSPS) is 10.4. The molecule has 0 aliphatic heterocycles. The zero-order valence-electron chi connectivity index (χ0n) is 13.4. The second-order valence-corrected chi connectivity index (χ2v) is 6.32. The highest BCUT2D eigenvalue weighted by molar-refractivity contribution is 7.15. The quantitative estimate of drug-likeness (QED) is 0.725. The lowest BCUT2D eigenvalue weighted by molar-refractivity contribution is 0.102. The molecule has 2 aromatic carbocycles. The fourth-order valence-electron chi connectivity index (χ4n) is 2.28. The predicted octanol–water partition coefficient (Wildman–Crippen LogP) is 4.38. The third kappa shape index (κ3) is 4.20. The van der Waals surface area contributed by atoms with Gasteiger partial charge in [0.1, 0.15) is 5.75 Å². The summed E-state index contributed by atoms with van der Waals surface area (Å²) in [7, 11) is 0. The molecule has 0 bridgehead atoms. The van der Waals surface area contributed by atoms with Gasteiger partial charge < -0.3 is 4.74 Å². The van der Waals surface area contributed by atoms with E-state index in [1.807, 2.05) is 31.3 Å². The number of carbonyl (C=O) groups excluding carboxylic acids is 1. The largest absolute Gasteiger partial charge is 0.494 e. The van der Waals surface area contributed by atoms with Crippen molar-refractivity contribution in [1.29, 1.82) is 0 Å². The smallest absolute Gasteiger partial charge is 0.257 e. The number of amides is 1. The second kappa shape index (κ2) is 7.75. The van der Waals surface area contributed by atoms with Gasteiger partial charge in [0.25, 0.3) is 5.91 Å². The number of nitrogens with one attached hydrogen (secondary N) is 1. The number of benzene rings is 2. The van der Waals surface area contributed by atoms with E-state index >= 15 is 0 Å². The van der Waals surface area contributed by atoms with Crippen LogP contribution in [0.4, 0.5) is 5.13 Å². The molecule has 4 nitrogen and oxygen atoms in total. The molecule has 3 aromatic rings. The van der Waals surface area contributed by atoms with Crippen molar-refractivity contribution in [2.24, 2.45) is 0 Å². The molecule has 3 rings (SSSR count). The Morgan fingerprint density at radius 1 is 1.12 bits per heavy atom. The Morgan fingerprint density at radius 3 is 2.58 bits per heavy atom. The summed E-state index contributed by atoms with van der Waals surface area (Å²) in [5.41, 5.74) is 1.81. The first-order valence-electron chi connectivity index (χ1n) is 7.77. The number of thiazole rings is 1. The average molecular weight is 338 g/mol. The molecule has 0 unspecified atom stereocenters. The van der Waals surface area contributed by atoms with Gasteiger partial charge in [-0.1, -0.05) is 30.3 Å². The first kappa shape index (κ1) is 16.2. The van der Waals surface area contributed by atoms with Crippen LogP contribution in [0.15, 0.2) is 60.8 Å². The van der Waals surface area contributed by atoms with E-state index in [9.17, 15) is 4.79 Å². The number of ether oxygens (including phenoxy) is 1. The molecule has 0 saturated carbocycles. The molecule has 122 valence electrons. The number of hydrogen-bond acceptors (Lipinski definition) is 4. The molecule has 1 heterocycles. The summed E-state index contributed by atoms with van der Waals surface area (Å²) in [6.45, 7) is 2.53. The minimum atomic E-state index is -0.168. The molecule has 1 aromatic heterocycles. The zero-order chi connectivity index (χ0) is 16.8. The summed E-state index contributed by atoms with van der Waals surface area (Å²) in [5, 5.41) is 3.45. The summed E-state index contributed by atoms with van der Waals surface area (Å²) < 4.78 is 5.38. The Labute approximate surface area is 145 Å². The Kier molecular flexibility index (Phi) is 5.23. The Hall–Kier alpha value is -2.66. The molecule has 0 aliphatic rings. The third-order valence-electron chi connectivity index (χ3n) is 3.42. The highest BCUT2D eigenvalue weighted by Crippen LogP contribution is 2.22. The van der Waals surface area contributed by atoms with Gasteiger partial charge in [0.2, 0.25) is 0 Å². The number of anilines is 1. The summed E-state index contributed by atoms with van der Waals surface area (Å²) in [4.78, 5) is 17.7. The van der Waals surface area contributed by atoms with Crippen LogP contribution in [0.1, 0.15) is 27.7 Å². The fourth-order valence-corrected chi connectivity index (χ4v) is 3.12. The van der Waals surface area contributed by atoms with E-state index in [1.165, 1.54) is 16.9 Å². The van der Waals surface area contributed by atoms with Crippen molar-refractivity contribution < 1.29 is 9.53 Å². The van der Waals surface area contributed by atoms with Crippen molar-refractivity contribution >= 4 is 22.4 Å². The van der Waals surface area contributed by atoms with Gasteiger partial charge in [0.15, 0.2) is 5.13 Å². The molecule has 1 amide bonds. The van der Waals surface area contributed by atoms with Gasteiger partial charge >= 0.3 is 0 Å². The Bertz CT molecular complexity index is 798. The van der Waals surface area contributed by atoms with E-state index in [1.54, 1.807) is 24.3 Å². The van der Waals surface area contributed by atoms with Crippen LogP contribution >= 0.6 is 11.3 Å². The predicted molar refractivity (Wildman–Crippen MR) is 96.9 cm³/mol. The lowest BCUT2D eigenvalue weighted by Gasteiger charge is -2.04. The SMILES string of the molecule is CCOc1ccc(C(=O)Nc2ncc(Cc3ccccc3)s2)cc1. The molecule has 1 N–H and O–H groups in total. The van der Waals surface area contributed by atoms with Crippen molar-refractivity contribution in [1.82, 2.24) is 4.98 Å². The van der Waals surface area contributed by atoms with Gasteiger partial charge in [-0.3, -0.25) is 10.1 Å². The molecule has 0 saturated heterocycles. The van der Waals surface area contributed by atoms with Crippen LogP contribution < -0.4 is 10.1 Å². The van der Waals surface area contributed by atoms with Gasteiger partial charge in [-0.15, -0.1) is 11.3 Å². The lowest BCUT2D eigenvalue weighted by atomic mass is 10.1. The maximum Gasteiger partial charge on any atom is 0.257 e. The monoisotopic (exact) mass is 338 g/mol. The van der Waals surface area contributed by atoms with Crippen LogP contribution in [0.25, 0.3) is 0 Å². The summed E-state index contributed by atoms with van der Waals surface area (Å²) in [5.74, 6) is 0.590. The van der Waals surface area contributed by atoms with Crippen LogP contribution in [0.3, 0.4) is 0 Å². The van der Waals surface area contributed by atoms with Gasteiger partial charge in [-0.05, 0) is 36.8 Å². The lowest BCUT2D eigenvalue weighted by Crippen LogP contribution is -2.11. The highest BCUT2D eigenvalue weighted by Gasteiger charge is 2.09. The van der Waals surface area contributed by atoms with Gasteiger partial charge in [0, 0.05) is 23.1 Å². The van der Waals surface area contributed by atoms with Gasteiger partial charge in [-0.25, -0.2) is 4.98 Å². The standard InChI is InChI=1S/C19H18N2O2S/c1-2-23-16-10-8-15(9-11-16)18(22)21-19-20-13-17(24-19)12-14-6-4-3-5-7-14/h3-11,13H,2,12H2,1H3,(H,20,21,22). The summed E-state index contributed by atoms with van der Waals surface area (Å²) >= 11 is 1.49. The first-order valence-corrected chi connectivity index (χ1v) is 8.59. The minimum absolute atomic E-state index is 0.168. The van der Waals surface area contributed by atoms with E-state index in [0.717, 1.165) is 17.0 Å². The third-order valence-corrected chi connectivity index (χ3v) is 4.34. The molecule has 0 atom stereocenters. The summed E-state index contributed by atoms with van der Waals surface area (Å²) in [6, 6.07) is 17.3. The fraction of sp³-hybridized carbons (Fsp3) is 0.158. The Balaban J connectivity index is 1.62. The van der Waals surface area contributed by atoms with Gasteiger partial charge in [-0.2, -0.15) is 0 Å². The molecule has 0 spiro atoms. The number of nitrogens with zero attached hydrogens (tertiary/aromatic N) is 1. The van der Waals surface area contributed by atoms with Crippen molar-refractivity contribution in [2.45, 2.75) is 13.3 Å². The van der Waals surface area contributed by atoms with E-state index < -0.39 is 0 Å². The van der Waals surface area contributed by atoms with E-state index in [4.69, 9.17) is 4.74 Å². The first-order chi connectivity index (χ1) is 11.7. The summed E-state index contributed by atoms with van der Waals surface area (Å²) in [6.07, 6.45) is 2.63. The molecule has 0 radical (unpaired) electrons. The number of carbonyl (C=O) groups is 1. The minimum Gasteiger partial charge on any atom is -0.494 e. The number of aromatic nitrogens is 1. The number of rotatable bonds is 6. The molecule has 0 fully saturated rings. The van der Waals surface area contributed by atoms with E-state index in [0.29, 0.717) is 17.3 Å². The van der Waals surface area contributed by atoms with Crippen LogP contribution in [-0.4, -0.2) is 17.5 Å². The van der Waals surface area contributed by atoms with Crippen molar-refractivity contribution in [3.63, 3.8) is 0 Å². The van der Waals surface area contributed by atoms with Crippen molar-refractivity contribution in [2.75, 3.05) is 11.9 Å². The van der Waals surface area contributed by atoms with Crippen molar-refractivity contribution in [3.05, 3.63) is 76.8 Å². The Morgan fingerprint density at radius 2 is 1.88 bits per heavy atom. The zero-order valence-corrected chi connectivity index (χ0v) is 14.2. The second-order valence-electron chi connectivity index (χ2n) is 5.21. The van der Waals surface area contributed by atoms with Crippen molar-refractivity contribution in [3.8, 4) is 5.75 Å². The number of hydrogen-bond donors (Lipinski definition) is 1.